The first-order valence-corrected chi connectivity index (χ1v) is 13.2. The molecule has 0 bridgehead atoms. The van der Waals surface area contributed by atoms with Gasteiger partial charge in [0.1, 0.15) is 6.10 Å². The van der Waals surface area contributed by atoms with Crippen LogP contribution in [0.4, 0.5) is 0 Å². The van der Waals surface area contributed by atoms with E-state index in [1.165, 1.54) is 80.0 Å². The standard InChI is InChI=1S/C30H42O2/c1-3-5-6-8-29-21-32-30(22-31-29)28-19-17-27(18-20-28)26-15-13-25(14-16-26)24-11-9-23(7-4-2)10-12-24/h13-20,23-24,29-30H,3-12,21-22H2,1-2H3/t23-,24-,29-,30-/m0/s1. The van der Waals surface area contributed by atoms with Gasteiger partial charge < -0.3 is 9.47 Å². The second kappa shape index (κ2) is 12.0. The minimum atomic E-state index is 0.0664. The van der Waals surface area contributed by atoms with Gasteiger partial charge in [0.25, 0.3) is 0 Å². The smallest absolute Gasteiger partial charge is 0.106 e. The van der Waals surface area contributed by atoms with E-state index in [9.17, 15) is 0 Å². The summed E-state index contributed by atoms with van der Waals surface area (Å²) in [5.41, 5.74) is 5.33. The summed E-state index contributed by atoms with van der Waals surface area (Å²) in [5.74, 6) is 1.73. The van der Waals surface area contributed by atoms with Crippen LogP contribution in [0.3, 0.4) is 0 Å². The van der Waals surface area contributed by atoms with Gasteiger partial charge in [-0.3, -0.25) is 0 Å². The van der Waals surface area contributed by atoms with Crippen LogP contribution in [0.1, 0.15) is 101 Å². The lowest BCUT2D eigenvalue weighted by Crippen LogP contribution is -2.31. The molecule has 2 aromatic rings. The number of benzene rings is 2. The van der Waals surface area contributed by atoms with Gasteiger partial charge in [0.2, 0.25) is 0 Å². The third-order valence-corrected chi connectivity index (χ3v) is 7.64. The number of ether oxygens (including phenoxy) is 2. The van der Waals surface area contributed by atoms with E-state index >= 15 is 0 Å². The molecule has 0 spiro atoms. The van der Waals surface area contributed by atoms with Gasteiger partial charge in [0.05, 0.1) is 19.3 Å². The maximum Gasteiger partial charge on any atom is 0.106 e. The van der Waals surface area contributed by atoms with Crippen molar-refractivity contribution >= 4 is 0 Å². The Bertz CT molecular complexity index is 779. The van der Waals surface area contributed by atoms with Gasteiger partial charge in [-0.25, -0.2) is 0 Å². The topological polar surface area (TPSA) is 18.5 Å². The normalized spacial score (nSPS) is 26.2. The molecule has 0 aromatic heterocycles. The van der Waals surface area contributed by atoms with E-state index in [0.717, 1.165) is 24.9 Å². The summed E-state index contributed by atoms with van der Waals surface area (Å²) < 4.78 is 12.2. The highest BCUT2D eigenvalue weighted by Gasteiger charge is 2.24. The Morgan fingerprint density at radius 3 is 1.88 bits per heavy atom. The zero-order valence-electron chi connectivity index (χ0n) is 20.2. The average Bonchev–Trinajstić information content (AvgIpc) is 2.86. The van der Waals surface area contributed by atoms with Gasteiger partial charge >= 0.3 is 0 Å². The predicted molar refractivity (Wildman–Crippen MR) is 134 cm³/mol. The van der Waals surface area contributed by atoms with Gasteiger partial charge in [0, 0.05) is 0 Å². The highest BCUT2D eigenvalue weighted by molar-refractivity contribution is 5.64. The Hall–Kier alpha value is -1.64. The summed E-state index contributed by atoms with van der Waals surface area (Å²) in [7, 11) is 0. The number of unbranched alkanes of at least 4 members (excludes halogenated alkanes) is 2. The molecule has 32 heavy (non-hydrogen) atoms. The molecular formula is C30H42O2. The zero-order valence-corrected chi connectivity index (χ0v) is 20.2. The lowest BCUT2D eigenvalue weighted by molar-refractivity contribution is -0.137. The summed E-state index contributed by atoms with van der Waals surface area (Å²) >= 11 is 0. The fourth-order valence-corrected chi connectivity index (χ4v) is 5.55. The molecule has 1 saturated carbocycles. The van der Waals surface area contributed by atoms with Crippen LogP contribution in [0.2, 0.25) is 0 Å². The van der Waals surface area contributed by atoms with E-state index in [4.69, 9.17) is 9.47 Å². The van der Waals surface area contributed by atoms with Crippen molar-refractivity contribution in [1.29, 1.82) is 0 Å². The molecule has 2 nitrogen and oxygen atoms in total. The molecule has 1 aliphatic carbocycles. The van der Waals surface area contributed by atoms with E-state index in [1.54, 1.807) is 0 Å². The number of hydrogen-bond donors (Lipinski definition) is 0. The van der Waals surface area contributed by atoms with Crippen LogP contribution in [0, 0.1) is 5.92 Å². The average molecular weight is 435 g/mol. The first-order chi connectivity index (χ1) is 15.8. The Balaban J connectivity index is 1.29. The summed E-state index contributed by atoms with van der Waals surface area (Å²) in [6.07, 6.45) is 13.5. The Morgan fingerprint density at radius 2 is 1.31 bits per heavy atom. The highest BCUT2D eigenvalue weighted by Crippen LogP contribution is 2.38. The van der Waals surface area contributed by atoms with E-state index < -0.39 is 0 Å². The van der Waals surface area contributed by atoms with Crippen LogP contribution in [-0.2, 0) is 9.47 Å². The lowest BCUT2D eigenvalue weighted by atomic mass is 9.77. The molecule has 2 aromatic carbocycles. The van der Waals surface area contributed by atoms with Crippen molar-refractivity contribution in [3.05, 3.63) is 59.7 Å². The first-order valence-electron chi connectivity index (χ1n) is 13.2. The van der Waals surface area contributed by atoms with Crippen LogP contribution >= 0.6 is 0 Å². The van der Waals surface area contributed by atoms with Crippen molar-refractivity contribution in [2.75, 3.05) is 13.2 Å². The molecule has 2 heteroatoms. The molecule has 0 radical (unpaired) electrons. The van der Waals surface area contributed by atoms with Gasteiger partial charge in [-0.05, 0) is 66.2 Å². The SMILES string of the molecule is CCCCC[C@H]1CO[C@H](c2ccc(-c3ccc([C@H]4CC[C@H](CCC)CC4)cc3)cc2)CO1. The summed E-state index contributed by atoms with van der Waals surface area (Å²) in [4.78, 5) is 0. The third-order valence-electron chi connectivity index (χ3n) is 7.64. The molecule has 2 aliphatic rings. The molecule has 0 amide bonds. The van der Waals surface area contributed by atoms with Crippen molar-refractivity contribution in [3.63, 3.8) is 0 Å². The molecule has 2 fully saturated rings. The fourth-order valence-electron chi connectivity index (χ4n) is 5.55. The molecule has 0 N–H and O–H groups in total. The molecule has 4 rings (SSSR count). The lowest BCUT2D eigenvalue weighted by Gasteiger charge is -2.30. The van der Waals surface area contributed by atoms with E-state index in [1.807, 2.05) is 0 Å². The second-order valence-corrected chi connectivity index (χ2v) is 10.0. The van der Waals surface area contributed by atoms with Crippen molar-refractivity contribution in [3.8, 4) is 11.1 Å². The summed E-state index contributed by atoms with van der Waals surface area (Å²) in [5, 5.41) is 0. The minimum absolute atomic E-state index is 0.0664. The Kier molecular flexibility index (Phi) is 8.82. The Labute approximate surface area is 195 Å². The number of rotatable bonds is 9. The van der Waals surface area contributed by atoms with Gasteiger partial charge in [-0.1, -0.05) is 94.5 Å². The Morgan fingerprint density at radius 1 is 0.656 bits per heavy atom. The van der Waals surface area contributed by atoms with E-state index in [0.29, 0.717) is 6.61 Å². The van der Waals surface area contributed by atoms with Gasteiger partial charge in [-0.2, -0.15) is 0 Å². The van der Waals surface area contributed by atoms with Crippen LogP contribution in [0.25, 0.3) is 11.1 Å². The third kappa shape index (κ3) is 6.23. The van der Waals surface area contributed by atoms with E-state index in [-0.39, 0.29) is 12.2 Å². The highest BCUT2D eigenvalue weighted by atomic mass is 16.6. The van der Waals surface area contributed by atoms with E-state index in [2.05, 4.69) is 62.4 Å². The summed E-state index contributed by atoms with van der Waals surface area (Å²) in [6.45, 7) is 5.95. The monoisotopic (exact) mass is 434 g/mol. The van der Waals surface area contributed by atoms with Crippen molar-refractivity contribution in [2.45, 2.75) is 96.2 Å². The maximum absolute atomic E-state index is 6.13. The van der Waals surface area contributed by atoms with Gasteiger partial charge in [0.15, 0.2) is 0 Å². The maximum atomic E-state index is 6.13. The molecule has 1 heterocycles. The summed E-state index contributed by atoms with van der Waals surface area (Å²) in [6, 6.07) is 18.2. The van der Waals surface area contributed by atoms with Crippen LogP contribution in [-0.4, -0.2) is 19.3 Å². The molecular weight excluding hydrogens is 392 g/mol. The fraction of sp³-hybridized carbons (Fsp3) is 0.600. The molecule has 2 atom stereocenters. The second-order valence-electron chi connectivity index (χ2n) is 10.0. The largest absolute Gasteiger partial charge is 0.373 e. The van der Waals surface area contributed by atoms with Crippen LogP contribution < -0.4 is 0 Å². The zero-order chi connectivity index (χ0) is 22.2. The van der Waals surface area contributed by atoms with Crippen LogP contribution in [0.5, 0.6) is 0 Å². The molecule has 1 aliphatic heterocycles. The minimum Gasteiger partial charge on any atom is -0.373 e. The predicted octanol–water partition coefficient (Wildman–Crippen LogP) is 8.46. The quantitative estimate of drug-likeness (QED) is 0.368. The van der Waals surface area contributed by atoms with Crippen molar-refractivity contribution in [1.82, 2.24) is 0 Å². The van der Waals surface area contributed by atoms with Crippen molar-refractivity contribution in [2.24, 2.45) is 5.92 Å². The molecule has 1 saturated heterocycles. The molecule has 0 unspecified atom stereocenters. The van der Waals surface area contributed by atoms with Crippen LogP contribution in [0.15, 0.2) is 48.5 Å². The number of hydrogen-bond acceptors (Lipinski definition) is 2. The molecule has 174 valence electrons. The van der Waals surface area contributed by atoms with Gasteiger partial charge in [-0.15, -0.1) is 0 Å². The first kappa shape index (κ1) is 23.5. The van der Waals surface area contributed by atoms with Crippen molar-refractivity contribution < 1.29 is 9.47 Å².